The number of nitriles is 1. The van der Waals surface area contributed by atoms with Crippen LogP contribution in [0.15, 0.2) is 29.2 Å². The Morgan fingerprint density at radius 3 is 2.61 bits per heavy atom. The van der Waals surface area contributed by atoms with Gasteiger partial charge in [0.25, 0.3) is 0 Å². The molecule has 0 spiro atoms. The van der Waals surface area contributed by atoms with E-state index in [9.17, 15) is 8.42 Å². The van der Waals surface area contributed by atoms with Crippen molar-refractivity contribution in [2.24, 2.45) is 0 Å². The van der Waals surface area contributed by atoms with Crippen molar-refractivity contribution in [2.45, 2.75) is 11.4 Å². The van der Waals surface area contributed by atoms with E-state index in [1.807, 2.05) is 11.0 Å². The molecule has 2 heterocycles. The van der Waals surface area contributed by atoms with E-state index >= 15 is 0 Å². The Balaban J connectivity index is 1.85. The molecule has 1 saturated heterocycles. The summed E-state index contributed by atoms with van der Waals surface area (Å²) in [6.07, 6.45) is 0. The van der Waals surface area contributed by atoms with E-state index in [2.05, 4.69) is 19.7 Å². The lowest BCUT2D eigenvalue weighted by Gasteiger charge is -2.27. The first-order chi connectivity index (χ1) is 13.4. The molecule has 1 aliphatic rings. The lowest BCUT2D eigenvalue weighted by Crippen LogP contribution is -2.38. The van der Waals surface area contributed by atoms with Gasteiger partial charge in [-0.3, -0.25) is 0 Å². The highest BCUT2D eigenvalue weighted by Gasteiger charge is 2.21. The first kappa shape index (κ1) is 19.9. The van der Waals surface area contributed by atoms with Crippen LogP contribution in [0.5, 0.6) is 0 Å². The van der Waals surface area contributed by atoms with Gasteiger partial charge in [-0.15, -0.1) is 0 Å². The van der Waals surface area contributed by atoms with Gasteiger partial charge in [0.2, 0.25) is 21.9 Å². The van der Waals surface area contributed by atoms with Crippen LogP contribution in [0.25, 0.3) is 0 Å². The minimum atomic E-state index is -3.89. The summed E-state index contributed by atoms with van der Waals surface area (Å²) in [5.41, 5.74) is 0.0774. The van der Waals surface area contributed by atoms with Gasteiger partial charge >= 0.3 is 0 Å². The summed E-state index contributed by atoms with van der Waals surface area (Å²) in [5.74, 6) is 1.20. The summed E-state index contributed by atoms with van der Waals surface area (Å²) >= 11 is 0. The Morgan fingerprint density at radius 1 is 1.21 bits per heavy atom. The maximum absolute atomic E-state index is 12.6. The van der Waals surface area contributed by atoms with Crippen molar-refractivity contribution in [1.82, 2.24) is 19.7 Å². The molecule has 1 aromatic carbocycles. The van der Waals surface area contributed by atoms with Gasteiger partial charge in [-0.1, -0.05) is 12.1 Å². The quantitative estimate of drug-likeness (QED) is 0.716. The van der Waals surface area contributed by atoms with E-state index < -0.39 is 10.0 Å². The third kappa shape index (κ3) is 4.53. The van der Waals surface area contributed by atoms with Crippen molar-refractivity contribution >= 4 is 21.9 Å². The van der Waals surface area contributed by atoms with Crippen LogP contribution >= 0.6 is 0 Å². The van der Waals surface area contributed by atoms with Crippen molar-refractivity contribution in [3.05, 3.63) is 35.7 Å². The van der Waals surface area contributed by atoms with Crippen LogP contribution in [0, 0.1) is 11.3 Å². The van der Waals surface area contributed by atoms with Gasteiger partial charge in [0.15, 0.2) is 5.82 Å². The van der Waals surface area contributed by atoms with E-state index in [4.69, 9.17) is 10.00 Å². The molecule has 0 bridgehead atoms. The molecule has 0 unspecified atom stereocenters. The molecule has 0 aliphatic carbocycles. The van der Waals surface area contributed by atoms with Crippen molar-refractivity contribution in [3.8, 4) is 6.07 Å². The number of nitrogens with one attached hydrogen (secondary N) is 1. The number of rotatable bonds is 6. The van der Waals surface area contributed by atoms with E-state index in [0.717, 1.165) is 0 Å². The molecule has 0 amide bonds. The van der Waals surface area contributed by atoms with Crippen molar-refractivity contribution in [2.75, 3.05) is 50.2 Å². The van der Waals surface area contributed by atoms with Gasteiger partial charge in [0.1, 0.15) is 6.07 Å². The zero-order valence-electron chi connectivity index (χ0n) is 15.7. The van der Waals surface area contributed by atoms with Gasteiger partial charge in [-0.25, -0.2) is 13.1 Å². The summed E-state index contributed by atoms with van der Waals surface area (Å²) in [6.45, 7) is 2.34. The Morgan fingerprint density at radius 2 is 1.93 bits per heavy atom. The molecule has 10 nitrogen and oxygen atoms in total. The minimum absolute atomic E-state index is 0.0761. The maximum atomic E-state index is 12.6. The highest BCUT2D eigenvalue weighted by Crippen LogP contribution is 2.16. The first-order valence-corrected chi connectivity index (χ1v) is 10.1. The Bertz CT molecular complexity index is 982. The second-order valence-electron chi connectivity index (χ2n) is 6.28. The van der Waals surface area contributed by atoms with E-state index in [0.29, 0.717) is 44.0 Å². The lowest BCUT2D eigenvalue weighted by molar-refractivity contribution is 0.122. The normalized spacial score (nSPS) is 14.5. The molecule has 1 aromatic heterocycles. The molecule has 1 aliphatic heterocycles. The zero-order valence-corrected chi connectivity index (χ0v) is 16.5. The largest absolute Gasteiger partial charge is 0.378 e. The molecular formula is C17H21N7O3S. The fourth-order valence-corrected chi connectivity index (χ4v) is 3.75. The van der Waals surface area contributed by atoms with Crippen molar-refractivity contribution in [1.29, 1.82) is 5.26 Å². The molecular weight excluding hydrogens is 382 g/mol. The molecule has 1 fully saturated rings. The topological polar surface area (TPSA) is 124 Å². The summed E-state index contributed by atoms with van der Waals surface area (Å²) in [4.78, 5) is 16.8. The lowest BCUT2D eigenvalue weighted by atomic mass is 10.2. The van der Waals surface area contributed by atoms with Gasteiger partial charge in [-0.05, 0) is 12.1 Å². The molecule has 0 radical (unpaired) electrons. The molecule has 3 rings (SSSR count). The number of morpholine rings is 1. The number of benzene rings is 1. The predicted octanol–water partition coefficient (Wildman–Crippen LogP) is 0.124. The minimum Gasteiger partial charge on any atom is -0.378 e. The standard InChI is InChI=1S/C17H21N7O3S/c1-23(2)16-20-15(21-17(22-16)24-7-9-27-10-8-24)12-19-28(25,26)14-6-4-3-5-13(14)11-18/h3-6,19H,7-10,12H2,1-2H3. The number of aromatic nitrogens is 3. The maximum Gasteiger partial charge on any atom is 0.242 e. The SMILES string of the molecule is CN(C)c1nc(CNS(=O)(=O)c2ccccc2C#N)nc(N2CCOCC2)n1. The molecule has 148 valence electrons. The Hall–Kier alpha value is -2.81. The number of nitrogens with zero attached hydrogens (tertiary/aromatic N) is 6. The second-order valence-corrected chi connectivity index (χ2v) is 8.01. The van der Waals surface area contributed by atoms with Crippen LogP contribution in [0.3, 0.4) is 0 Å². The molecule has 2 aromatic rings. The van der Waals surface area contributed by atoms with E-state index in [-0.39, 0.29) is 17.0 Å². The predicted molar refractivity (Wildman–Crippen MR) is 102 cm³/mol. The number of hydrogen-bond donors (Lipinski definition) is 1. The monoisotopic (exact) mass is 403 g/mol. The number of sulfonamides is 1. The fourth-order valence-electron chi connectivity index (χ4n) is 2.61. The van der Waals surface area contributed by atoms with Crippen molar-refractivity contribution in [3.63, 3.8) is 0 Å². The first-order valence-electron chi connectivity index (χ1n) is 8.64. The third-order valence-corrected chi connectivity index (χ3v) is 5.53. The van der Waals surface area contributed by atoms with Crippen LogP contribution in [-0.2, 0) is 21.3 Å². The number of hydrogen-bond acceptors (Lipinski definition) is 9. The van der Waals surface area contributed by atoms with Crippen LogP contribution in [0.1, 0.15) is 11.4 Å². The third-order valence-electron chi connectivity index (χ3n) is 4.07. The van der Waals surface area contributed by atoms with Crippen LogP contribution in [0.2, 0.25) is 0 Å². The van der Waals surface area contributed by atoms with Crippen molar-refractivity contribution < 1.29 is 13.2 Å². The zero-order chi connectivity index (χ0) is 20.1. The Labute approximate surface area is 163 Å². The Kier molecular flexibility index (Phi) is 6.03. The highest BCUT2D eigenvalue weighted by molar-refractivity contribution is 7.89. The summed E-state index contributed by atoms with van der Waals surface area (Å²) < 4.78 is 33.1. The molecule has 28 heavy (non-hydrogen) atoms. The fraction of sp³-hybridized carbons (Fsp3) is 0.412. The molecule has 0 saturated carbocycles. The van der Waals surface area contributed by atoms with Gasteiger partial charge in [0.05, 0.1) is 30.2 Å². The average molecular weight is 403 g/mol. The second kappa shape index (κ2) is 8.47. The molecule has 11 heteroatoms. The van der Waals surface area contributed by atoms with Gasteiger partial charge in [0, 0.05) is 27.2 Å². The van der Waals surface area contributed by atoms with Gasteiger partial charge < -0.3 is 14.5 Å². The highest BCUT2D eigenvalue weighted by atomic mass is 32.2. The average Bonchev–Trinajstić information content (AvgIpc) is 2.72. The van der Waals surface area contributed by atoms with E-state index in [1.54, 1.807) is 31.1 Å². The smallest absolute Gasteiger partial charge is 0.242 e. The number of anilines is 2. The van der Waals surface area contributed by atoms with Gasteiger partial charge in [-0.2, -0.15) is 20.2 Å². The van der Waals surface area contributed by atoms with Crippen LogP contribution in [0.4, 0.5) is 11.9 Å². The summed E-state index contributed by atoms with van der Waals surface area (Å²) in [7, 11) is -0.290. The molecule has 0 atom stereocenters. The number of ether oxygens (including phenoxy) is 1. The summed E-state index contributed by atoms with van der Waals surface area (Å²) in [5, 5.41) is 9.15. The molecule has 1 N–H and O–H groups in total. The van der Waals surface area contributed by atoms with E-state index in [1.165, 1.54) is 12.1 Å². The van der Waals surface area contributed by atoms with Crippen LogP contribution in [-0.4, -0.2) is 63.8 Å². The van der Waals surface area contributed by atoms with Crippen LogP contribution < -0.4 is 14.5 Å². The summed E-state index contributed by atoms with van der Waals surface area (Å²) in [6, 6.07) is 7.92.